The highest BCUT2D eigenvalue weighted by Gasteiger charge is 2.27. The van der Waals surface area contributed by atoms with Crippen molar-refractivity contribution in [2.75, 3.05) is 0 Å². The first-order valence-electron chi connectivity index (χ1n) is 8.03. The van der Waals surface area contributed by atoms with Crippen molar-refractivity contribution in [1.82, 2.24) is 25.5 Å². The fourth-order valence-electron chi connectivity index (χ4n) is 3.16. The van der Waals surface area contributed by atoms with Gasteiger partial charge in [-0.3, -0.25) is 0 Å². The summed E-state index contributed by atoms with van der Waals surface area (Å²) in [7, 11) is 0. The van der Waals surface area contributed by atoms with Crippen LogP contribution in [0.5, 0.6) is 0 Å². The summed E-state index contributed by atoms with van der Waals surface area (Å²) < 4.78 is 2.08. The minimum Gasteiger partial charge on any atom is -0.305 e. The van der Waals surface area contributed by atoms with Crippen LogP contribution in [0.2, 0.25) is 0 Å². The van der Waals surface area contributed by atoms with Gasteiger partial charge < -0.3 is 5.32 Å². The molecule has 1 saturated carbocycles. The van der Waals surface area contributed by atoms with Gasteiger partial charge in [0.05, 0.1) is 12.6 Å². The zero-order valence-electron chi connectivity index (χ0n) is 13.4. The Balaban J connectivity index is 2.07. The van der Waals surface area contributed by atoms with E-state index in [0.29, 0.717) is 6.04 Å². The second-order valence-electron chi connectivity index (χ2n) is 7.02. The number of hydrogen-bond acceptors (Lipinski definition) is 4. The Morgan fingerprint density at radius 1 is 1.25 bits per heavy atom. The summed E-state index contributed by atoms with van der Waals surface area (Å²) in [6.45, 7) is 9.49. The van der Waals surface area contributed by atoms with Crippen LogP contribution in [-0.2, 0) is 6.54 Å². The van der Waals surface area contributed by atoms with Crippen molar-refractivity contribution in [3.05, 3.63) is 5.82 Å². The van der Waals surface area contributed by atoms with Gasteiger partial charge in [0, 0.05) is 5.54 Å². The summed E-state index contributed by atoms with van der Waals surface area (Å²) in [6, 6.07) is 0.460. The second kappa shape index (κ2) is 6.66. The first kappa shape index (κ1) is 15.4. The van der Waals surface area contributed by atoms with E-state index < -0.39 is 0 Å². The molecule has 0 amide bonds. The molecule has 1 aromatic heterocycles. The van der Waals surface area contributed by atoms with E-state index in [4.69, 9.17) is 0 Å². The van der Waals surface area contributed by atoms with Crippen molar-refractivity contribution in [3.63, 3.8) is 0 Å². The summed E-state index contributed by atoms with van der Waals surface area (Å²) in [5.41, 5.74) is 0.0866. The standard InChI is InChI=1S/C15H29N5/c1-5-13(12-9-7-6-8-10-12)20-14(17-18-19-20)11-16-15(2,3)4/h12-13,16H,5-11H2,1-4H3. The van der Waals surface area contributed by atoms with E-state index in [0.717, 1.165) is 24.7 Å². The first-order chi connectivity index (χ1) is 9.51. The first-order valence-corrected chi connectivity index (χ1v) is 8.03. The molecule has 0 radical (unpaired) electrons. The summed E-state index contributed by atoms with van der Waals surface area (Å²) in [6.07, 6.45) is 7.87. The average Bonchev–Trinajstić information content (AvgIpc) is 2.86. The zero-order valence-corrected chi connectivity index (χ0v) is 13.4. The van der Waals surface area contributed by atoms with E-state index in [2.05, 4.69) is 53.2 Å². The Morgan fingerprint density at radius 3 is 2.55 bits per heavy atom. The van der Waals surface area contributed by atoms with Gasteiger partial charge in [-0.25, -0.2) is 4.68 Å². The summed E-state index contributed by atoms with van der Waals surface area (Å²) in [5.74, 6) is 1.71. The highest BCUT2D eigenvalue weighted by atomic mass is 15.6. The molecule has 114 valence electrons. The molecule has 0 aromatic carbocycles. The van der Waals surface area contributed by atoms with Crippen LogP contribution in [0.25, 0.3) is 0 Å². The predicted molar refractivity (Wildman–Crippen MR) is 80.3 cm³/mol. The Bertz CT molecular complexity index is 401. The maximum absolute atomic E-state index is 4.28. The molecule has 2 rings (SSSR count). The Labute approximate surface area is 122 Å². The maximum Gasteiger partial charge on any atom is 0.165 e. The minimum atomic E-state index is 0.0866. The third-order valence-corrected chi connectivity index (χ3v) is 4.26. The number of nitrogens with one attached hydrogen (secondary N) is 1. The highest BCUT2D eigenvalue weighted by molar-refractivity contribution is 4.89. The molecule has 20 heavy (non-hydrogen) atoms. The lowest BCUT2D eigenvalue weighted by molar-refractivity contribution is 0.220. The van der Waals surface area contributed by atoms with E-state index in [1.165, 1.54) is 32.1 Å². The molecule has 5 nitrogen and oxygen atoms in total. The maximum atomic E-state index is 4.28. The van der Waals surface area contributed by atoms with Gasteiger partial charge in [-0.05, 0) is 56.4 Å². The number of tetrazole rings is 1. The smallest absolute Gasteiger partial charge is 0.165 e. The van der Waals surface area contributed by atoms with Crippen LogP contribution >= 0.6 is 0 Å². The third kappa shape index (κ3) is 4.01. The molecule has 0 bridgehead atoms. The van der Waals surface area contributed by atoms with Gasteiger partial charge in [-0.2, -0.15) is 0 Å². The third-order valence-electron chi connectivity index (χ3n) is 4.26. The topological polar surface area (TPSA) is 55.6 Å². The fourth-order valence-corrected chi connectivity index (χ4v) is 3.16. The van der Waals surface area contributed by atoms with Crippen molar-refractivity contribution in [3.8, 4) is 0 Å². The largest absolute Gasteiger partial charge is 0.305 e. The van der Waals surface area contributed by atoms with Crippen LogP contribution in [0, 0.1) is 5.92 Å². The molecule has 1 N–H and O–H groups in total. The molecule has 0 spiro atoms. The van der Waals surface area contributed by atoms with E-state index >= 15 is 0 Å². The fraction of sp³-hybridized carbons (Fsp3) is 0.933. The van der Waals surface area contributed by atoms with Crippen LogP contribution in [0.1, 0.15) is 78.1 Å². The average molecular weight is 279 g/mol. The molecule has 1 heterocycles. The molecule has 0 aliphatic heterocycles. The van der Waals surface area contributed by atoms with Crippen LogP contribution in [0.4, 0.5) is 0 Å². The predicted octanol–water partition coefficient (Wildman–Crippen LogP) is 3.09. The van der Waals surface area contributed by atoms with E-state index in [1.807, 2.05) is 0 Å². The number of hydrogen-bond donors (Lipinski definition) is 1. The Hall–Kier alpha value is -0.970. The molecule has 1 unspecified atom stereocenters. The van der Waals surface area contributed by atoms with Gasteiger partial charge in [0.1, 0.15) is 0 Å². The molecule has 1 aromatic rings. The Morgan fingerprint density at radius 2 is 1.95 bits per heavy atom. The van der Waals surface area contributed by atoms with E-state index in [9.17, 15) is 0 Å². The van der Waals surface area contributed by atoms with Crippen molar-refractivity contribution in [1.29, 1.82) is 0 Å². The van der Waals surface area contributed by atoms with Crippen molar-refractivity contribution in [2.24, 2.45) is 5.92 Å². The molecule has 1 fully saturated rings. The molecule has 1 aliphatic carbocycles. The number of nitrogens with zero attached hydrogens (tertiary/aromatic N) is 4. The second-order valence-corrected chi connectivity index (χ2v) is 7.02. The van der Waals surface area contributed by atoms with Crippen molar-refractivity contribution >= 4 is 0 Å². The van der Waals surface area contributed by atoms with Gasteiger partial charge >= 0.3 is 0 Å². The number of aromatic nitrogens is 4. The van der Waals surface area contributed by atoms with E-state index in [-0.39, 0.29) is 5.54 Å². The van der Waals surface area contributed by atoms with Gasteiger partial charge in [-0.15, -0.1) is 5.10 Å². The molecular formula is C15H29N5. The Kier molecular flexibility index (Phi) is 5.13. The van der Waals surface area contributed by atoms with E-state index in [1.54, 1.807) is 0 Å². The summed E-state index contributed by atoms with van der Waals surface area (Å²) >= 11 is 0. The van der Waals surface area contributed by atoms with Gasteiger partial charge in [-0.1, -0.05) is 26.2 Å². The van der Waals surface area contributed by atoms with Gasteiger partial charge in [0.15, 0.2) is 5.82 Å². The van der Waals surface area contributed by atoms with Gasteiger partial charge in [0.2, 0.25) is 0 Å². The van der Waals surface area contributed by atoms with Gasteiger partial charge in [0.25, 0.3) is 0 Å². The minimum absolute atomic E-state index is 0.0866. The number of rotatable bonds is 5. The molecule has 1 atom stereocenters. The molecule has 5 heteroatoms. The van der Waals surface area contributed by atoms with Crippen LogP contribution in [0.3, 0.4) is 0 Å². The van der Waals surface area contributed by atoms with Crippen LogP contribution in [0.15, 0.2) is 0 Å². The SMILES string of the molecule is CCC(C1CCCCC1)n1nnnc1CNC(C)(C)C. The highest BCUT2D eigenvalue weighted by Crippen LogP contribution is 2.34. The lowest BCUT2D eigenvalue weighted by Crippen LogP contribution is -2.36. The molecular weight excluding hydrogens is 250 g/mol. The lowest BCUT2D eigenvalue weighted by Gasteiger charge is -2.30. The molecule has 1 aliphatic rings. The van der Waals surface area contributed by atoms with Crippen LogP contribution < -0.4 is 5.32 Å². The summed E-state index contributed by atoms with van der Waals surface area (Å²) in [4.78, 5) is 0. The molecule has 0 saturated heterocycles. The van der Waals surface area contributed by atoms with Crippen LogP contribution in [-0.4, -0.2) is 25.7 Å². The lowest BCUT2D eigenvalue weighted by atomic mass is 9.83. The normalized spacial score (nSPS) is 19.2. The monoisotopic (exact) mass is 279 g/mol. The quantitative estimate of drug-likeness (QED) is 0.900. The van der Waals surface area contributed by atoms with Crippen molar-refractivity contribution < 1.29 is 0 Å². The zero-order chi connectivity index (χ0) is 14.6. The summed E-state index contributed by atoms with van der Waals surface area (Å²) in [5, 5.41) is 15.9. The van der Waals surface area contributed by atoms with Crippen molar-refractivity contribution in [2.45, 2.75) is 84.3 Å².